The highest BCUT2D eigenvalue weighted by atomic mass is 79.9. The number of unbranched alkanes of at least 4 members (excludes halogenated alkanes) is 2. The van der Waals surface area contributed by atoms with Crippen molar-refractivity contribution in [1.82, 2.24) is 5.48 Å². The van der Waals surface area contributed by atoms with Gasteiger partial charge in [0.25, 0.3) is 25.8 Å². The van der Waals surface area contributed by atoms with Crippen molar-refractivity contribution in [2.45, 2.75) is 52.5 Å². The Balaban J connectivity index is 1.35. The zero-order valence-corrected chi connectivity index (χ0v) is 35.9. The number of benzene rings is 4. The van der Waals surface area contributed by atoms with Gasteiger partial charge in [0, 0.05) is 40.6 Å². The van der Waals surface area contributed by atoms with Gasteiger partial charge in [-0.15, -0.1) is 0 Å². The second kappa shape index (κ2) is 18.6. The van der Waals surface area contributed by atoms with E-state index in [1.807, 2.05) is 96.8 Å². The summed E-state index contributed by atoms with van der Waals surface area (Å²) in [6, 6.07) is 28.2. The summed E-state index contributed by atoms with van der Waals surface area (Å²) in [5.41, 5.74) is 9.85. The molecule has 296 valence electrons. The van der Waals surface area contributed by atoms with Crippen LogP contribution >= 0.6 is 31.9 Å². The van der Waals surface area contributed by atoms with Gasteiger partial charge in [0.1, 0.15) is 0 Å². The Morgan fingerprint density at radius 2 is 1.45 bits per heavy atom. The number of aromatic nitrogens is 1. The smallest absolute Gasteiger partial charge is 0.374 e. The molecule has 0 aliphatic carbocycles. The van der Waals surface area contributed by atoms with Crippen molar-refractivity contribution in [2.24, 2.45) is 0 Å². The van der Waals surface area contributed by atoms with Crippen LogP contribution in [0.25, 0.3) is 39.4 Å². The van der Waals surface area contributed by atoms with E-state index >= 15 is 0 Å². The monoisotopic (exact) mass is 928 g/mol. The van der Waals surface area contributed by atoms with Crippen molar-refractivity contribution in [1.29, 1.82) is 0 Å². The molecular formula is C41H44Br2N3O8S2+. The molecule has 2 heterocycles. The van der Waals surface area contributed by atoms with E-state index in [1.165, 1.54) is 0 Å². The van der Waals surface area contributed by atoms with Crippen LogP contribution in [0.2, 0.25) is 0 Å². The number of anilines is 1. The number of hydrogen-bond acceptors (Lipinski definition) is 9. The van der Waals surface area contributed by atoms with Gasteiger partial charge < -0.3 is 14.1 Å². The van der Waals surface area contributed by atoms with Gasteiger partial charge in [0.2, 0.25) is 11.5 Å². The third-order valence-electron chi connectivity index (χ3n) is 9.23. The van der Waals surface area contributed by atoms with Crippen LogP contribution in [0.4, 0.5) is 5.69 Å². The molecule has 15 heteroatoms. The van der Waals surface area contributed by atoms with E-state index < -0.39 is 20.2 Å². The van der Waals surface area contributed by atoms with Gasteiger partial charge in [-0.05, 0) is 96.0 Å². The van der Waals surface area contributed by atoms with Crippen LogP contribution in [-0.4, -0.2) is 46.0 Å². The lowest BCUT2D eigenvalue weighted by Gasteiger charge is -2.19. The van der Waals surface area contributed by atoms with E-state index in [0.29, 0.717) is 68.4 Å². The molecule has 0 radical (unpaired) electrons. The van der Waals surface area contributed by atoms with Gasteiger partial charge in [-0.3, -0.25) is 4.55 Å². The quantitative estimate of drug-likeness (QED) is 0.0378. The van der Waals surface area contributed by atoms with Gasteiger partial charge in [-0.1, -0.05) is 82.1 Å². The lowest BCUT2D eigenvalue weighted by atomic mass is 10.0. The molecule has 1 aromatic heterocycles. The Labute approximate surface area is 345 Å². The lowest BCUT2D eigenvalue weighted by Crippen LogP contribution is -2.35. The van der Waals surface area contributed by atoms with Gasteiger partial charge in [0.15, 0.2) is 12.3 Å². The number of fused-ring (bicyclic) bond motifs is 2. The third kappa shape index (κ3) is 11.0. The van der Waals surface area contributed by atoms with E-state index in [-0.39, 0.29) is 17.9 Å². The van der Waals surface area contributed by atoms with Crippen molar-refractivity contribution < 1.29 is 39.4 Å². The van der Waals surface area contributed by atoms with Crippen molar-refractivity contribution in [3.8, 4) is 28.0 Å². The second-order valence-electron chi connectivity index (χ2n) is 13.3. The first-order chi connectivity index (χ1) is 26.8. The number of nitrogens with zero attached hydrogens (tertiary/aromatic N) is 2. The van der Waals surface area contributed by atoms with Crippen molar-refractivity contribution >= 4 is 75.0 Å². The number of oxazole rings is 1. The maximum absolute atomic E-state index is 12.4. The summed E-state index contributed by atoms with van der Waals surface area (Å²) in [6.07, 6.45) is 6.29. The number of allylic oxidation sites excluding steroid dienone is 2. The van der Waals surface area contributed by atoms with Crippen LogP contribution < -0.4 is 19.7 Å². The fourth-order valence-corrected chi connectivity index (χ4v) is 8.41. The van der Waals surface area contributed by atoms with Crippen LogP contribution in [0, 0.1) is 0 Å². The third-order valence-corrected chi connectivity index (χ3v) is 12.3. The van der Waals surface area contributed by atoms with Crippen LogP contribution in [0.15, 0.2) is 116 Å². The molecule has 0 atom stereocenters. The Morgan fingerprint density at radius 3 is 2.09 bits per heavy atom. The summed E-state index contributed by atoms with van der Waals surface area (Å²) in [5, 5.41) is 0. The SMILES string of the molecule is CCNOS(=O)(=O)CCCC[n+]1c(C=C(C=C2Oc3ccc(-c4ccc(Br)cc4)cc3N2CCCCS(=O)(=O)O)CC)oc2ccc(-c3ccc(Br)cc3)cc21. The van der Waals surface area contributed by atoms with Crippen LogP contribution in [0.3, 0.4) is 0 Å². The molecule has 0 amide bonds. The molecule has 4 aromatic carbocycles. The fourth-order valence-electron chi connectivity index (χ4n) is 6.38. The van der Waals surface area contributed by atoms with E-state index in [4.69, 9.17) is 13.4 Å². The predicted octanol–water partition coefficient (Wildman–Crippen LogP) is 9.43. The highest BCUT2D eigenvalue weighted by Crippen LogP contribution is 2.42. The molecule has 0 fully saturated rings. The van der Waals surface area contributed by atoms with Gasteiger partial charge in [0.05, 0.1) is 23.3 Å². The summed E-state index contributed by atoms with van der Waals surface area (Å²) in [6.45, 7) is 5.13. The van der Waals surface area contributed by atoms with E-state index in [0.717, 1.165) is 48.0 Å². The number of ether oxygens (including phenoxy) is 1. The minimum absolute atomic E-state index is 0.126. The molecular weight excluding hydrogens is 886 g/mol. The van der Waals surface area contributed by atoms with Gasteiger partial charge in [-0.2, -0.15) is 31.2 Å². The molecule has 0 unspecified atom stereocenters. The normalized spacial score (nSPS) is 14.1. The zero-order chi connectivity index (χ0) is 39.9. The molecule has 1 aliphatic heterocycles. The first-order valence-electron chi connectivity index (χ1n) is 18.4. The van der Waals surface area contributed by atoms with E-state index in [1.54, 1.807) is 6.92 Å². The molecule has 6 rings (SSSR count). The maximum Gasteiger partial charge on any atom is 0.374 e. The zero-order valence-electron chi connectivity index (χ0n) is 31.1. The van der Waals surface area contributed by atoms with Crippen molar-refractivity contribution in [3.63, 3.8) is 0 Å². The maximum atomic E-state index is 12.4. The summed E-state index contributed by atoms with van der Waals surface area (Å²) in [4.78, 5) is 2.04. The van der Waals surface area contributed by atoms with Gasteiger partial charge in [-0.25, -0.2) is 0 Å². The molecule has 5 aromatic rings. The molecule has 0 spiro atoms. The molecule has 0 saturated heterocycles. The molecule has 11 nitrogen and oxygen atoms in total. The minimum Gasteiger partial charge on any atom is -0.439 e. The standard InChI is InChI=1S/C41H43Br2N3O8S2/c1-3-29(25-40-45(21-5-7-23-55(47,48)49)36-27-32(13-19-38(36)52-40)30-9-15-34(42)16-10-30)26-41-46(22-6-8-24-56(50,51)54-44-4-2)37-28-33(14-20-39(37)53-41)31-11-17-35(43)18-12-31/h9-20,25-28,44H,3-8,21-24H2,1-2H3/p+1. The second-order valence-corrected chi connectivity index (χ2v) is 18.4. The average molecular weight is 931 g/mol. The Bertz CT molecular complexity index is 2450. The molecule has 0 saturated carbocycles. The van der Waals surface area contributed by atoms with Crippen LogP contribution in [-0.2, 0) is 31.1 Å². The van der Waals surface area contributed by atoms with Crippen molar-refractivity contribution in [2.75, 3.05) is 29.5 Å². The van der Waals surface area contributed by atoms with Gasteiger partial charge >= 0.3 is 5.89 Å². The summed E-state index contributed by atoms with van der Waals surface area (Å²) >= 11 is 7.02. The average Bonchev–Trinajstić information content (AvgIpc) is 3.69. The fraction of sp³-hybridized carbons (Fsp3) is 0.293. The highest BCUT2D eigenvalue weighted by Gasteiger charge is 2.28. The summed E-state index contributed by atoms with van der Waals surface area (Å²) in [5.74, 6) is 1.41. The van der Waals surface area contributed by atoms with Crippen LogP contribution in [0.1, 0.15) is 51.8 Å². The number of hydrogen-bond donors (Lipinski definition) is 2. The predicted molar refractivity (Wildman–Crippen MR) is 227 cm³/mol. The highest BCUT2D eigenvalue weighted by molar-refractivity contribution is 9.10. The molecule has 2 N–H and O–H groups in total. The Kier molecular flexibility index (Phi) is 13.9. The molecule has 56 heavy (non-hydrogen) atoms. The number of aryl methyl sites for hydroxylation is 1. The Hall–Kier alpha value is -3.83. The minimum atomic E-state index is -4.08. The molecule has 0 bridgehead atoms. The van der Waals surface area contributed by atoms with Crippen molar-refractivity contribution in [3.05, 3.63) is 117 Å². The number of hydroxylamine groups is 1. The number of halogens is 2. The van der Waals surface area contributed by atoms with E-state index in [2.05, 4.69) is 54.0 Å². The largest absolute Gasteiger partial charge is 0.439 e. The summed E-state index contributed by atoms with van der Waals surface area (Å²) < 4.78 is 78.9. The first kappa shape index (κ1) is 41.8. The summed E-state index contributed by atoms with van der Waals surface area (Å²) in [7, 11) is -7.80. The number of nitrogens with one attached hydrogen (secondary N) is 1. The lowest BCUT2D eigenvalue weighted by molar-refractivity contribution is -0.678. The first-order valence-corrected chi connectivity index (χ1v) is 23.2. The number of rotatable bonds is 18. The van der Waals surface area contributed by atoms with E-state index in [9.17, 15) is 21.4 Å². The Morgan fingerprint density at radius 1 is 0.821 bits per heavy atom. The topological polar surface area (TPSA) is 139 Å². The van der Waals surface area contributed by atoms with Crippen LogP contribution in [0.5, 0.6) is 5.75 Å². The molecule has 1 aliphatic rings.